The first-order chi connectivity index (χ1) is 6.24. The van der Waals surface area contributed by atoms with Crippen molar-refractivity contribution in [2.45, 2.75) is 0 Å². The van der Waals surface area contributed by atoms with Crippen LogP contribution in [-0.4, -0.2) is 7.11 Å². The van der Waals surface area contributed by atoms with Crippen LogP contribution in [0.15, 0.2) is 17.5 Å². The lowest BCUT2D eigenvalue weighted by Crippen LogP contribution is -1.95. The highest BCUT2D eigenvalue weighted by atomic mass is 32.1. The van der Waals surface area contributed by atoms with Gasteiger partial charge in [-0.3, -0.25) is 0 Å². The molecule has 0 saturated carbocycles. The third-order valence-electron chi connectivity index (χ3n) is 1.99. The molecule has 2 aromatic rings. The minimum absolute atomic E-state index is 0.576. The number of anilines is 2. The molecule has 1 aromatic carbocycles. The standard InChI is InChI=1S/C9H10N2OS/c1-12-7-4-6(10)8(11)9-5(7)2-3-13-9/h2-4H,10-11H2,1H3. The Morgan fingerprint density at radius 2 is 2.15 bits per heavy atom. The van der Waals surface area contributed by atoms with Gasteiger partial charge >= 0.3 is 0 Å². The summed E-state index contributed by atoms with van der Waals surface area (Å²) in [7, 11) is 1.63. The lowest BCUT2D eigenvalue weighted by molar-refractivity contribution is 0.420. The number of benzene rings is 1. The molecule has 0 aliphatic carbocycles. The molecule has 4 heteroatoms. The van der Waals surface area contributed by atoms with Crippen LogP contribution < -0.4 is 16.2 Å². The van der Waals surface area contributed by atoms with Gasteiger partial charge in [0.25, 0.3) is 0 Å². The van der Waals surface area contributed by atoms with E-state index in [1.54, 1.807) is 24.5 Å². The van der Waals surface area contributed by atoms with Gasteiger partial charge in [0.05, 0.1) is 23.2 Å². The van der Waals surface area contributed by atoms with Crippen molar-refractivity contribution >= 4 is 32.8 Å². The van der Waals surface area contributed by atoms with E-state index in [-0.39, 0.29) is 0 Å². The molecule has 1 aromatic heterocycles. The fourth-order valence-electron chi connectivity index (χ4n) is 1.31. The molecule has 0 amide bonds. The van der Waals surface area contributed by atoms with E-state index in [1.165, 1.54) is 0 Å². The van der Waals surface area contributed by atoms with E-state index < -0.39 is 0 Å². The Morgan fingerprint density at radius 3 is 2.85 bits per heavy atom. The van der Waals surface area contributed by atoms with Crippen LogP contribution in [0.2, 0.25) is 0 Å². The molecule has 4 N–H and O–H groups in total. The van der Waals surface area contributed by atoms with Gasteiger partial charge in [0.15, 0.2) is 0 Å². The fourth-order valence-corrected chi connectivity index (χ4v) is 2.19. The van der Waals surface area contributed by atoms with Crippen LogP contribution in [0.5, 0.6) is 5.75 Å². The number of ether oxygens (including phenoxy) is 1. The van der Waals surface area contributed by atoms with Gasteiger partial charge in [0.1, 0.15) is 5.75 Å². The number of fused-ring (bicyclic) bond motifs is 1. The average molecular weight is 194 g/mol. The lowest BCUT2D eigenvalue weighted by Gasteiger charge is -2.06. The Bertz CT molecular complexity index is 450. The highest BCUT2D eigenvalue weighted by molar-refractivity contribution is 7.18. The lowest BCUT2D eigenvalue weighted by atomic mass is 10.2. The van der Waals surface area contributed by atoms with Crippen LogP contribution in [0.1, 0.15) is 0 Å². The third-order valence-corrected chi connectivity index (χ3v) is 2.94. The van der Waals surface area contributed by atoms with Crippen molar-refractivity contribution in [2.75, 3.05) is 18.6 Å². The van der Waals surface area contributed by atoms with Gasteiger partial charge in [-0.15, -0.1) is 11.3 Å². The normalized spacial score (nSPS) is 10.5. The monoisotopic (exact) mass is 194 g/mol. The van der Waals surface area contributed by atoms with Crippen molar-refractivity contribution in [1.82, 2.24) is 0 Å². The van der Waals surface area contributed by atoms with E-state index in [9.17, 15) is 0 Å². The summed E-state index contributed by atoms with van der Waals surface area (Å²) in [6, 6.07) is 3.74. The molecule has 1 heterocycles. The van der Waals surface area contributed by atoms with E-state index in [0.717, 1.165) is 15.8 Å². The van der Waals surface area contributed by atoms with E-state index in [0.29, 0.717) is 11.4 Å². The summed E-state index contributed by atoms with van der Waals surface area (Å²) in [5.74, 6) is 0.781. The molecule has 0 radical (unpaired) electrons. The van der Waals surface area contributed by atoms with Gasteiger partial charge in [0, 0.05) is 11.5 Å². The zero-order valence-electron chi connectivity index (χ0n) is 7.20. The first-order valence-corrected chi connectivity index (χ1v) is 4.71. The highest BCUT2D eigenvalue weighted by Gasteiger charge is 2.08. The summed E-state index contributed by atoms with van der Waals surface area (Å²) in [5.41, 5.74) is 12.8. The molecule has 68 valence electrons. The number of methoxy groups -OCH3 is 1. The molecule has 0 saturated heterocycles. The molecule has 0 spiro atoms. The smallest absolute Gasteiger partial charge is 0.129 e. The summed E-state index contributed by atoms with van der Waals surface area (Å²) < 4.78 is 6.19. The molecule has 0 unspecified atom stereocenters. The van der Waals surface area contributed by atoms with Crippen LogP contribution in [0, 0.1) is 0 Å². The van der Waals surface area contributed by atoms with Crippen molar-refractivity contribution < 1.29 is 4.74 Å². The maximum Gasteiger partial charge on any atom is 0.129 e. The van der Waals surface area contributed by atoms with Crippen LogP contribution in [0.3, 0.4) is 0 Å². The molecule has 2 rings (SSSR count). The van der Waals surface area contributed by atoms with Gasteiger partial charge in [-0.25, -0.2) is 0 Å². The van der Waals surface area contributed by atoms with Crippen LogP contribution in [0.4, 0.5) is 11.4 Å². The quantitative estimate of drug-likeness (QED) is 0.683. The first-order valence-electron chi connectivity index (χ1n) is 3.83. The fraction of sp³-hybridized carbons (Fsp3) is 0.111. The van der Waals surface area contributed by atoms with Crippen LogP contribution in [-0.2, 0) is 0 Å². The third kappa shape index (κ3) is 1.10. The summed E-state index contributed by atoms with van der Waals surface area (Å²) in [5, 5.41) is 3.00. The summed E-state index contributed by atoms with van der Waals surface area (Å²) in [6.07, 6.45) is 0. The SMILES string of the molecule is COc1cc(N)c(N)c2sccc12. The Balaban J connectivity index is 2.87. The average Bonchev–Trinajstić information content (AvgIpc) is 2.60. The number of nitrogens with two attached hydrogens (primary N) is 2. The molecular formula is C9H10N2OS. The maximum absolute atomic E-state index is 5.82. The van der Waals surface area contributed by atoms with E-state index >= 15 is 0 Å². The molecule has 13 heavy (non-hydrogen) atoms. The Labute approximate surface area is 79.9 Å². The Kier molecular flexibility index (Phi) is 1.77. The van der Waals surface area contributed by atoms with Crippen molar-refractivity contribution in [3.8, 4) is 5.75 Å². The van der Waals surface area contributed by atoms with Crippen molar-refractivity contribution in [3.05, 3.63) is 17.5 Å². The van der Waals surface area contributed by atoms with Gasteiger partial charge in [-0.2, -0.15) is 0 Å². The Morgan fingerprint density at radius 1 is 1.38 bits per heavy atom. The zero-order valence-corrected chi connectivity index (χ0v) is 8.02. The first kappa shape index (κ1) is 8.19. The number of hydrogen-bond acceptors (Lipinski definition) is 4. The second-order valence-corrected chi connectivity index (χ2v) is 3.66. The van der Waals surface area contributed by atoms with Crippen LogP contribution >= 0.6 is 11.3 Å². The number of hydrogen-bond donors (Lipinski definition) is 2. The molecule has 3 nitrogen and oxygen atoms in total. The van der Waals surface area contributed by atoms with Gasteiger partial charge in [-0.1, -0.05) is 0 Å². The van der Waals surface area contributed by atoms with E-state index in [4.69, 9.17) is 16.2 Å². The zero-order chi connectivity index (χ0) is 9.42. The number of rotatable bonds is 1. The van der Waals surface area contributed by atoms with Gasteiger partial charge in [-0.05, 0) is 11.4 Å². The summed E-state index contributed by atoms with van der Waals surface area (Å²) >= 11 is 1.57. The van der Waals surface area contributed by atoms with Gasteiger partial charge < -0.3 is 16.2 Å². The maximum atomic E-state index is 5.82. The predicted octanol–water partition coefficient (Wildman–Crippen LogP) is 2.07. The number of thiophene rings is 1. The van der Waals surface area contributed by atoms with Crippen molar-refractivity contribution in [2.24, 2.45) is 0 Å². The van der Waals surface area contributed by atoms with Crippen molar-refractivity contribution in [3.63, 3.8) is 0 Å². The minimum Gasteiger partial charge on any atom is -0.496 e. The molecule has 0 aliphatic heterocycles. The predicted molar refractivity (Wildman–Crippen MR) is 57.2 cm³/mol. The molecular weight excluding hydrogens is 184 g/mol. The van der Waals surface area contributed by atoms with Gasteiger partial charge in [0.2, 0.25) is 0 Å². The largest absolute Gasteiger partial charge is 0.496 e. The Hall–Kier alpha value is -1.42. The van der Waals surface area contributed by atoms with E-state index in [2.05, 4.69) is 0 Å². The molecule has 0 fully saturated rings. The highest BCUT2D eigenvalue weighted by Crippen LogP contribution is 2.37. The molecule has 0 atom stereocenters. The van der Waals surface area contributed by atoms with E-state index in [1.807, 2.05) is 11.4 Å². The second-order valence-electron chi connectivity index (χ2n) is 2.75. The molecule has 0 aliphatic rings. The summed E-state index contributed by atoms with van der Waals surface area (Å²) in [6.45, 7) is 0. The topological polar surface area (TPSA) is 61.3 Å². The summed E-state index contributed by atoms with van der Waals surface area (Å²) in [4.78, 5) is 0. The second kappa shape index (κ2) is 2.81. The van der Waals surface area contributed by atoms with Crippen molar-refractivity contribution in [1.29, 1.82) is 0 Å². The van der Waals surface area contributed by atoms with Crippen LogP contribution in [0.25, 0.3) is 10.1 Å². The number of nitrogen functional groups attached to an aromatic ring is 2. The molecule has 0 bridgehead atoms. The minimum atomic E-state index is 0.576.